The minimum absolute atomic E-state index is 0.0786. The zero-order chi connectivity index (χ0) is 17.2. The van der Waals surface area contributed by atoms with Crippen molar-refractivity contribution in [2.24, 2.45) is 0 Å². The molecule has 5 nitrogen and oxygen atoms in total. The maximum atomic E-state index is 12.7. The fourth-order valence-electron chi connectivity index (χ4n) is 2.75. The number of benzene rings is 1. The molecule has 2 aromatic rings. The second-order valence-corrected chi connectivity index (χ2v) is 6.50. The van der Waals surface area contributed by atoms with Gasteiger partial charge >= 0.3 is 0 Å². The average molecular weight is 341 g/mol. The highest BCUT2D eigenvalue weighted by Gasteiger charge is 2.43. The van der Waals surface area contributed by atoms with Gasteiger partial charge < -0.3 is 5.32 Å². The fraction of sp³-hybridized carbons (Fsp3) is 0.222. The molecule has 6 heteroatoms. The van der Waals surface area contributed by atoms with Crippen LogP contribution >= 0.6 is 11.3 Å². The van der Waals surface area contributed by atoms with Gasteiger partial charge in [-0.15, -0.1) is 11.3 Å². The van der Waals surface area contributed by atoms with Gasteiger partial charge in [0.25, 0.3) is 5.91 Å². The molecule has 124 valence electrons. The van der Waals surface area contributed by atoms with Crippen LogP contribution in [0.15, 0.2) is 59.6 Å². The van der Waals surface area contributed by atoms with Crippen LogP contribution in [0.25, 0.3) is 0 Å². The van der Waals surface area contributed by atoms with Gasteiger partial charge in [-0.05, 0) is 43.0 Å². The lowest BCUT2D eigenvalue weighted by atomic mass is 9.84. The van der Waals surface area contributed by atoms with Crippen LogP contribution in [0.2, 0.25) is 0 Å². The van der Waals surface area contributed by atoms with E-state index < -0.39 is 5.54 Å². The monoisotopic (exact) mass is 341 g/mol. The third-order valence-electron chi connectivity index (χ3n) is 4.03. The van der Waals surface area contributed by atoms with Crippen LogP contribution in [0.3, 0.4) is 0 Å². The SMILES string of the molecule is CCN1NC(C(C)=O)(c2ccccc2)C=C(Nc2cccs2)C1=O. The van der Waals surface area contributed by atoms with Crippen LogP contribution in [0.4, 0.5) is 5.00 Å². The molecule has 1 aromatic carbocycles. The zero-order valence-corrected chi connectivity index (χ0v) is 14.4. The van der Waals surface area contributed by atoms with Gasteiger partial charge in [-0.2, -0.15) is 0 Å². The molecule has 0 radical (unpaired) electrons. The summed E-state index contributed by atoms with van der Waals surface area (Å²) in [4.78, 5) is 25.2. The summed E-state index contributed by atoms with van der Waals surface area (Å²) in [5.74, 6) is -0.260. The van der Waals surface area contributed by atoms with Crippen molar-refractivity contribution >= 4 is 28.0 Å². The first kappa shape index (κ1) is 16.4. The predicted octanol–water partition coefficient (Wildman–Crippen LogP) is 2.90. The van der Waals surface area contributed by atoms with Crippen LogP contribution in [-0.2, 0) is 15.1 Å². The van der Waals surface area contributed by atoms with Crippen LogP contribution in [-0.4, -0.2) is 23.2 Å². The lowest BCUT2D eigenvalue weighted by molar-refractivity contribution is -0.136. The van der Waals surface area contributed by atoms with Crippen LogP contribution in [0, 0.1) is 0 Å². The molecule has 0 aliphatic carbocycles. The number of amides is 1. The highest BCUT2D eigenvalue weighted by atomic mass is 32.1. The molecule has 1 unspecified atom stereocenters. The van der Waals surface area contributed by atoms with E-state index in [4.69, 9.17) is 0 Å². The molecule has 0 saturated carbocycles. The van der Waals surface area contributed by atoms with Crippen molar-refractivity contribution in [3.8, 4) is 0 Å². The Balaban J connectivity index is 2.11. The number of likely N-dealkylation sites (N-methyl/N-ethyl adjacent to an activating group) is 1. The molecule has 0 spiro atoms. The maximum Gasteiger partial charge on any atom is 0.284 e. The Morgan fingerprint density at radius 2 is 2.00 bits per heavy atom. The first-order chi connectivity index (χ1) is 11.6. The number of nitrogens with one attached hydrogen (secondary N) is 2. The fourth-order valence-corrected chi connectivity index (χ4v) is 3.38. The molecule has 0 bridgehead atoms. The number of carbonyl (C=O) groups is 2. The first-order valence-electron chi connectivity index (χ1n) is 7.76. The summed E-state index contributed by atoms with van der Waals surface area (Å²) in [5, 5.41) is 7.42. The molecular weight excluding hydrogens is 322 g/mol. The van der Waals surface area contributed by atoms with E-state index in [0.717, 1.165) is 10.6 Å². The van der Waals surface area contributed by atoms with Crippen molar-refractivity contribution in [3.63, 3.8) is 0 Å². The quantitative estimate of drug-likeness (QED) is 0.878. The average Bonchev–Trinajstić information content (AvgIpc) is 3.10. The Kier molecular flexibility index (Phi) is 4.51. The molecule has 0 fully saturated rings. The molecule has 0 saturated heterocycles. The third-order valence-corrected chi connectivity index (χ3v) is 4.81. The summed E-state index contributed by atoms with van der Waals surface area (Å²) in [7, 11) is 0. The summed E-state index contributed by atoms with van der Waals surface area (Å²) in [6, 6.07) is 13.2. The minimum atomic E-state index is -1.06. The van der Waals surface area contributed by atoms with E-state index >= 15 is 0 Å². The Morgan fingerprint density at radius 1 is 1.25 bits per heavy atom. The number of Topliss-reactive ketones (excluding diaryl/α,β-unsaturated/α-hetero) is 1. The van der Waals surface area contributed by atoms with E-state index in [1.807, 2.05) is 54.8 Å². The lowest BCUT2D eigenvalue weighted by Gasteiger charge is -2.40. The number of hydrazine groups is 1. The minimum Gasteiger partial charge on any atom is -0.343 e. The number of nitrogens with zero attached hydrogens (tertiary/aromatic N) is 1. The molecule has 1 amide bonds. The van der Waals surface area contributed by atoms with Crippen molar-refractivity contribution in [2.75, 3.05) is 11.9 Å². The molecular formula is C18H19N3O2S. The Bertz CT molecular complexity index is 771. The van der Waals surface area contributed by atoms with Crippen molar-refractivity contribution in [2.45, 2.75) is 19.4 Å². The Labute approximate surface area is 145 Å². The van der Waals surface area contributed by atoms with Gasteiger partial charge in [0.2, 0.25) is 0 Å². The maximum absolute atomic E-state index is 12.7. The molecule has 1 aliphatic heterocycles. The number of rotatable bonds is 5. The van der Waals surface area contributed by atoms with E-state index in [1.165, 1.54) is 23.3 Å². The van der Waals surface area contributed by atoms with Crippen molar-refractivity contribution in [3.05, 3.63) is 65.2 Å². The second kappa shape index (κ2) is 6.59. The van der Waals surface area contributed by atoms with E-state index in [9.17, 15) is 9.59 Å². The van der Waals surface area contributed by atoms with E-state index in [0.29, 0.717) is 12.2 Å². The lowest BCUT2D eigenvalue weighted by Crippen LogP contribution is -2.61. The third kappa shape index (κ3) is 2.86. The van der Waals surface area contributed by atoms with Crippen molar-refractivity contribution in [1.82, 2.24) is 10.4 Å². The summed E-state index contributed by atoms with van der Waals surface area (Å²) < 4.78 is 0. The van der Waals surface area contributed by atoms with Gasteiger partial charge in [0, 0.05) is 6.54 Å². The van der Waals surface area contributed by atoms with Gasteiger partial charge in [0.15, 0.2) is 5.78 Å². The molecule has 3 rings (SSSR count). The molecule has 2 N–H and O–H groups in total. The Morgan fingerprint density at radius 3 is 2.58 bits per heavy atom. The summed E-state index contributed by atoms with van der Waals surface area (Å²) in [5.41, 5.74) is 3.25. The smallest absolute Gasteiger partial charge is 0.284 e. The number of anilines is 1. The summed E-state index contributed by atoms with van der Waals surface area (Å²) >= 11 is 1.50. The normalized spacial score (nSPS) is 20.7. The van der Waals surface area contributed by atoms with Gasteiger partial charge in [-0.1, -0.05) is 30.3 Å². The highest BCUT2D eigenvalue weighted by Crippen LogP contribution is 2.31. The number of hydrogen-bond acceptors (Lipinski definition) is 5. The van der Waals surface area contributed by atoms with Crippen LogP contribution in [0.1, 0.15) is 19.4 Å². The van der Waals surface area contributed by atoms with E-state index in [-0.39, 0.29) is 11.7 Å². The predicted molar refractivity (Wildman–Crippen MR) is 95.3 cm³/mol. The number of ketones is 1. The van der Waals surface area contributed by atoms with Gasteiger partial charge in [-0.3, -0.25) is 14.6 Å². The number of hydrogen-bond donors (Lipinski definition) is 2. The number of carbonyl (C=O) groups excluding carboxylic acids is 2. The molecule has 2 heterocycles. The van der Waals surface area contributed by atoms with Gasteiger partial charge in [-0.25, -0.2) is 5.43 Å². The van der Waals surface area contributed by atoms with Gasteiger partial charge in [0.1, 0.15) is 11.2 Å². The van der Waals surface area contributed by atoms with Crippen LogP contribution < -0.4 is 10.7 Å². The standard InChI is InChI=1S/C18H19N3O2S/c1-3-21-17(23)15(19-16-10-7-11-24-16)12-18(20-21,13(2)22)14-8-5-4-6-9-14/h4-12,19-20H,3H2,1-2H3. The first-order valence-corrected chi connectivity index (χ1v) is 8.64. The molecule has 1 aliphatic rings. The second-order valence-electron chi connectivity index (χ2n) is 5.55. The van der Waals surface area contributed by atoms with E-state index in [2.05, 4.69) is 10.7 Å². The van der Waals surface area contributed by atoms with E-state index in [1.54, 1.807) is 6.08 Å². The van der Waals surface area contributed by atoms with Crippen molar-refractivity contribution < 1.29 is 9.59 Å². The molecule has 1 atom stereocenters. The van der Waals surface area contributed by atoms with Crippen molar-refractivity contribution in [1.29, 1.82) is 0 Å². The van der Waals surface area contributed by atoms with Crippen LogP contribution in [0.5, 0.6) is 0 Å². The topological polar surface area (TPSA) is 61.4 Å². The number of thiophene rings is 1. The van der Waals surface area contributed by atoms with Gasteiger partial charge in [0.05, 0.1) is 5.00 Å². The largest absolute Gasteiger partial charge is 0.343 e. The summed E-state index contributed by atoms with van der Waals surface area (Å²) in [6.45, 7) is 3.85. The Hall–Kier alpha value is -2.44. The molecule has 1 aromatic heterocycles. The highest BCUT2D eigenvalue weighted by molar-refractivity contribution is 7.14. The summed E-state index contributed by atoms with van der Waals surface area (Å²) in [6.07, 6.45) is 1.69. The molecule has 24 heavy (non-hydrogen) atoms. The zero-order valence-electron chi connectivity index (χ0n) is 13.6.